The average Bonchev–Trinajstić information content (AvgIpc) is 3.21. The van der Waals surface area contributed by atoms with Gasteiger partial charge in [0.1, 0.15) is 11.2 Å². The van der Waals surface area contributed by atoms with Crippen molar-refractivity contribution < 1.29 is 31.4 Å². The van der Waals surface area contributed by atoms with Crippen LogP contribution in [0.5, 0.6) is 0 Å². The Bertz CT molecular complexity index is 553. The van der Waals surface area contributed by atoms with Gasteiger partial charge in [0.2, 0.25) is 0 Å². The maximum absolute atomic E-state index is 11.9. The van der Waals surface area contributed by atoms with Crippen LogP contribution in [0.1, 0.15) is 18.9 Å². The number of esters is 1. The van der Waals surface area contributed by atoms with E-state index in [0.29, 0.717) is 12.8 Å². The van der Waals surface area contributed by atoms with Crippen LogP contribution in [0.15, 0.2) is 67.3 Å². The van der Waals surface area contributed by atoms with Crippen LogP contribution in [0.2, 0.25) is 0 Å². The van der Waals surface area contributed by atoms with Gasteiger partial charge in [-0.2, -0.15) is 35.9 Å². The van der Waals surface area contributed by atoms with E-state index in [9.17, 15) is 9.59 Å². The molecule has 23 heavy (non-hydrogen) atoms. The molecule has 1 atom stereocenters. The Kier molecular flexibility index (Phi) is 9.87. The fourth-order valence-corrected chi connectivity index (χ4v) is 2.28. The van der Waals surface area contributed by atoms with Crippen LogP contribution < -0.4 is 0 Å². The topological polar surface area (TPSA) is 43.4 Å². The van der Waals surface area contributed by atoms with Gasteiger partial charge in [0.15, 0.2) is 0 Å². The van der Waals surface area contributed by atoms with Crippen molar-refractivity contribution in [1.29, 1.82) is 0 Å². The quantitative estimate of drug-likeness (QED) is 0.261. The maximum atomic E-state index is 11.9. The summed E-state index contributed by atoms with van der Waals surface area (Å²) in [6.45, 7) is 5.03. The van der Waals surface area contributed by atoms with Gasteiger partial charge in [-0.25, -0.2) is 24.3 Å². The van der Waals surface area contributed by atoms with Crippen molar-refractivity contribution in [2.45, 2.75) is 19.8 Å². The molecule has 0 N–H and O–H groups in total. The first kappa shape index (κ1) is 21.1. The Morgan fingerprint density at radius 1 is 1.22 bits per heavy atom. The molecule has 0 aliphatic rings. The number of carbonyl (C=O) groups excluding carboxylic acids is 2. The van der Waals surface area contributed by atoms with Gasteiger partial charge in [0.25, 0.3) is 0 Å². The molecule has 2 aromatic carbocycles. The van der Waals surface area contributed by atoms with Crippen LogP contribution in [0.3, 0.4) is 0 Å². The summed E-state index contributed by atoms with van der Waals surface area (Å²) < 4.78 is 4.77. The van der Waals surface area contributed by atoms with Gasteiger partial charge in [-0.15, -0.1) is 6.58 Å². The van der Waals surface area contributed by atoms with Crippen molar-refractivity contribution in [1.82, 2.24) is 0 Å². The van der Waals surface area contributed by atoms with Crippen LogP contribution in [0.25, 0.3) is 0 Å². The summed E-state index contributed by atoms with van der Waals surface area (Å²) in [6.07, 6.45) is 2.23. The molecule has 2 rings (SSSR count). The van der Waals surface area contributed by atoms with E-state index in [4.69, 9.17) is 4.74 Å². The summed E-state index contributed by atoms with van der Waals surface area (Å²) in [7, 11) is 1.30. The summed E-state index contributed by atoms with van der Waals surface area (Å²) in [5.41, 5.74) is -0.183. The van der Waals surface area contributed by atoms with E-state index in [1.807, 2.05) is 54.6 Å². The predicted molar refractivity (Wildman–Crippen MR) is 87.7 cm³/mol. The molecule has 3 nitrogen and oxygen atoms in total. The molecule has 0 radical (unpaired) electrons. The van der Waals surface area contributed by atoms with Gasteiger partial charge in [-0.1, -0.05) is 12.5 Å². The van der Waals surface area contributed by atoms with Crippen LogP contribution in [0, 0.1) is 5.41 Å². The third-order valence-corrected chi connectivity index (χ3v) is 3.54. The van der Waals surface area contributed by atoms with Crippen molar-refractivity contribution in [2.24, 2.45) is 5.41 Å². The van der Waals surface area contributed by atoms with Crippen LogP contribution in [-0.2, 0) is 37.8 Å². The predicted octanol–water partition coefficient (Wildman–Crippen LogP) is 3.68. The number of Topliss-reactive ketones (excluding diaryl/α,β-unsaturated/α-hetero) is 1. The number of rotatable bonds is 6. The zero-order chi connectivity index (χ0) is 16.4. The summed E-state index contributed by atoms with van der Waals surface area (Å²) in [5, 5.41) is 0. The first-order valence-electron chi connectivity index (χ1n) is 7.14. The van der Waals surface area contributed by atoms with E-state index in [2.05, 4.69) is 6.58 Å². The van der Waals surface area contributed by atoms with Crippen LogP contribution >= 0.6 is 0 Å². The zero-order valence-electron chi connectivity index (χ0n) is 13.5. The first-order chi connectivity index (χ1) is 10.6. The van der Waals surface area contributed by atoms with E-state index in [-0.39, 0.29) is 22.9 Å². The van der Waals surface area contributed by atoms with E-state index < -0.39 is 11.4 Å². The third-order valence-electron chi connectivity index (χ3n) is 3.54. The Morgan fingerprint density at radius 2 is 1.78 bits per heavy atom. The standard InChI is InChI=1S/C14H17O3.C5H5.Fe/c1-4-9-14(11(2)15,13(16)17-3)10-12-7-5-6-8-12;1-2-4-5-3-1;/h4-8H,1,9-10H2,2-3H3;1-5H;/q2*-1;+2. The van der Waals surface area contributed by atoms with Crippen molar-refractivity contribution in [3.8, 4) is 0 Å². The average molecular weight is 354 g/mol. The number of hydrogen-bond acceptors (Lipinski definition) is 3. The summed E-state index contributed by atoms with van der Waals surface area (Å²) in [6, 6.07) is 17.5. The second-order valence-electron chi connectivity index (χ2n) is 5.05. The van der Waals surface area contributed by atoms with Gasteiger partial charge < -0.3 is 4.74 Å². The van der Waals surface area contributed by atoms with Crippen molar-refractivity contribution in [2.75, 3.05) is 7.11 Å². The number of hydrogen-bond donors (Lipinski definition) is 0. The molecule has 0 aliphatic carbocycles. The van der Waals surface area contributed by atoms with E-state index >= 15 is 0 Å². The second-order valence-corrected chi connectivity index (χ2v) is 5.05. The van der Waals surface area contributed by atoms with Gasteiger partial charge in [-0.05, 0) is 13.3 Å². The largest absolute Gasteiger partial charge is 2.00 e. The van der Waals surface area contributed by atoms with Crippen LogP contribution in [0.4, 0.5) is 0 Å². The van der Waals surface area contributed by atoms with E-state index in [0.717, 1.165) is 5.56 Å². The second kappa shape index (κ2) is 10.8. The smallest absolute Gasteiger partial charge is 0.468 e. The fourth-order valence-electron chi connectivity index (χ4n) is 2.28. The number of carbonyl (C=O) groups is 2. The molecule has 4 heteroatoms. The Morgan fingerprint density at radius 3 is 2.13 bits per heavy atom. The first-order valence-corrected chi connectivity index (χ1v) is 7.14. The molecule has 0 bridgehead atoms. The number of ether oxygens (including phenoxy) is 1. The Balaban J connectivity index is 0.000000684. The SMILES string of the molecule is C=CCC(C[c-]1cccc1)(C(C)=O)C(=O)OC.[Fe+2].c1cc[cH-]c1. The number of allylic oxidation sites excluding steroid dienone is 1. The molecular weight excluding hydrogens is 332 g/mol. The molecule has 0 aromatic heterocycles. The molecule has 0 saturated carbocycles. The fraction of sp³-hybridized carbons (Fsp3) is 0.263. The minimum atomic E-state index is -1.13. The van der Waals surface area contributed by atoms with Gasteiger partial charge >= 0.3 is 23.0 Å². The molecular formula is C19H22FeO3. The monoisotopic (exact) mass is 354 g/mol. The zero-order valence-corrected chi connectivity index (χ0v) is 14.6. The van der Waals surface area contributed by atoms with Crippen LogP contribution in [-0.4, -0.2) is 18.9 Å². The molecule has 0 heterocycles. The molecule has 0 fully saturated rings. The normalized spacial score (nSPS) is 11.9. The Hall–Kier alpha value is -1.90. The van der Waals surface area contributed by atoms with E-state index in [1.54, 1.807) is 6.08 Å². The molecule has 0 spiro atoms. The van der Waals surface area contributed by atoms with Gasteiger partial charge in [0, 0.05) is 0 Å². The summed E-state index contributed by atoms with van der Waals surface area (Å²) in [4.78, 5) is 23.7. The minimum Gasteiger partial charge on any atom is -0.468 e. The molecule has 0 aliphatic heterocycles. The summed E-state index contributed by atoms with van der Waals surface area (Å²) in [5.74, 6) is -0.684. The van der Waals surface area contributed by atoms with Crippen molar-refractivity contribution in [3.05, 3.63) is 72.8 Å². The third kappa shape index (κ3) is 6.01. The Labute approximate surface area is 148 Å². The molecule has 1 unspecified atom stereocenters. The molecule has 0 amide bonds. The van der Waals surface area contributed by atoms with E-state index in [1.165, 1.54) is 14.0 Å². The van der Waals surface area contributed by atoms with Gasteiger partial charge in [-0.3, -0.25) is 9.59 Å². The minimum absolute atomic E-state index is 0. The number of methoxy groups -OCH3 is 1. The molecule has 0 saturated heterocycles. The molecule has 124 valence electrons. The maximum Gasteiger partial charge on any atom is 2.00 e. The number of ketones is 1. The van der Waals surface area contributed by atoms with Crippen molar-refractivity contribution >= 4 is 11.8 Å². The summed E-state index contributed by atoms with van der Waals surface area (Å²) >= 11 is 0. The van der Waals surface area contributed by atoms with Crippen molar-refractivity contribution in [3.63, 3.8) is 0 Å². The van der Waals surface area contributed by atoms with Gasteiger partial charge in [0.05, 0.1) is 7.11 Å². The molecule has 2 aromatic rings.